The first-order valence-electron chi connectivity index (χ1n) is 4.80. The van der Waals surface area contributed by atoms with E-state index in [1.807, 2.05) is 0 Å². The Morgan fingerprint density at radius 3 is 2.57 bits per heavy atom. The van der Waals surface area contributed by atoms with Crippen LogP contribution >= 0.6 is 7.60 Å². The molecule has 14 heavy (non-hydrogen) atoms. The molecule has 0 aromatic carbocycles. The van der Waals surface area contributed by atoms with Gasteiger partial charge in [0, 0.05) is 0 Å². The van der Waals surface area contributed by atoms with Crippen LogP contribution < -0.4 is 5.73 Å². The minimum absolute atomic E-state index is 0.239. The van der Waals surface area contributed by atoms with Crippen molar-refractivity contribution in [3.63, 3.8) is 0 Å². The number of amides is 1. The molecule has 6 heteroatoms. The van der Waals surface area contributed by atoms with Crippen molar-refractivity contribution in [3.8, 4) is 0 Å². The third-order valence-electron chi connectivity index (χ3n) is 3.23. The fraction of sp³-hybridized carbons (Fsp3) is 0.875. The van der Waals surface area contributed by atoms with E-state index in [1.54, 1.807) is 0 Å². The molecule has 0 radical (unpaired) electrons. The molecule has 2 saturated carbocycles. The second-order valence-corrected chi connectivity index (χ2v) is 5.87. The molecular formula is C8H14NO4P. The molecule has 0 spiro atoms. The number of carbonyl (C=O) groups excluding carboxylic acids is 1. The predicted octanol–water partition coefficient (Wildman–Crippen LogP) is 1.46. The topological polar surface area (TPSA) is 89.6 Å². The van der Waals surface area contributed by atoms with Crippen molar-refractivity contribution in [1.82, 2.24) is 0 Å². The smallest absolute Gasteiger partial charge is 0.359 e. The highest BCUT2D eigenvalue weighted by atomic mass is 31.2. The lowest BCUT2D eigenvalue weighted by molar-refractivity contribution is 0.122. The van der Waals surface area contributed by atoms with Gasteiger partial charge in [-0.25, -0.2) is 4.57 Å². The van der Waals surface area contributed by atoms with Gasteiger partial charge in [0.2, 0.25) is 0 Å². The fourth-order valence-corrected chi connectivity index (χ4v) is 3.28. The monoisotopic (exact) mass is 219 g/mol. The molecule has 80 valence electrons. The van der Waals surface area contributed by atoms with Crippen LogP contribution in [0.25, 0.3) is 0 Å². The molecule has 0 saturated heterocycles. The second kappa shape index (κ2) is 3.33. The van der Waals surface area contributed by atoms with Crippen LogP contribution in [0.4, 0.5) is 4.79 Å². The third-order valence-corrected chi connectivity index (χ3v) is 4.34. The Kier molecular flexibility index (Phi) is 2.41. The van der Waals surface area contributed by atoms with Crippen LogP contribution in [0.3, 0.4) is 0 Å². The summed E-state index contributed by atoms with van der Waals surface area (Å²) < 4.78 is 16.1. The lowest BCUT2D eigenvalue weighted by Gasteiger charge is -2.23. The highest BCUT2D eigenvalue weighted by Crippen LogP contribution is 2.53. The van der Waals surface area contributed by atoms with Crippen LogP contribution in [0.15, 0.2) is 0 Å². The van der Waals surface area contributed by atoms with Gasteiger partial charge in [-0.15, -0.1) is 0 Å². The summed E-state index contributed by atoms with van der Waals surface area (Å²) in [6.45, 7) is 0. The highest BCUT2D eigenvalue weighted by molar-refractivity contribution is 7.70. The maximum atomic E-state index is 11.2. The van der Waals surface area contributed by atoms with Crippen LogP contribution in [-0.2, 0) is 9.09 Å². The van der Waals surface area contributed by atoms with Crippen LogP contribution in [0.5, 0.6) is 0 Å². The van der Waals surface area contributed by atoms with E-state index in [4.69, 9.17) is 15.2 Å². The van der Waals surface area contributed by atoms with Crippen molar-refractivity contribution in [2.75, 3.05) is 0 Å². The van der Waals surface area contributed by atoms with Crippen LogP contribution in [0.2, 0.25) is 0 Å². The Balaban J connectivity index is 1.99. The van der Waals surface area contributed by atoms with E-state index in [-0.39, 0.29) is 6.10 Å². The first-order chi connectivity index (χ1) is 6.49. The Labute approximate surface area is 82.2 Å². The Hall–Kier alpha value is -0.380. The third kappa shape index (κ3) is 1.72. The van der Waals surface area contributed by atoms with Crippen molar-refractivity contribution >= 4 is 13.2 Å². The maximum Gasteiger partial charge on any atom is 0.415 e. The number of nitrogens with two attached hydrogens (primary N) is 1. The molecule has 2 bridgehead atoms. The lowest BCUT2D eigenvalue weighted by atomic mass is 9.98. The standard InChI is InChI=1S/C8H14NO4P/c9-8(10)14(11,12)13-7-4-5-1-2-6(7)3-5/h5-7H,1-4H2,(H2,9,10)(H,11,12). The number of rotatable bonds is 3. The number of primary amides is 1. The quantitative estimate of drug-likeness (QED) is 0.703. The average molecular weight is 219 g/mol. The van der Waals surface area contributed by atoms with Gasteiger partial charge in [0.05, 0.1) is 6.10 Å². The zero-order chi connectivity index (χ0) is 10.3. The lowest BCUT2D eigenvalue weighted by Crippen LogP contribution is -2.22. The molecule has 0 aromatic rings. The first kappa shape index (κ1) is 10.1. The predicted molar refractivity (Wildman–Crippen MR) is 49.7 cm³/mol. The van der Waals surface area contributed by atoms with Crippen molar-refractivity contribution in [3.05, 3.63) is 0 Å². The van der Waals surface area contributed by atoms with Gasteiger partial charge in [-0.2, -0.15) is 0 Å². The van der Waals surface area contributed by atoms with Gasteiger partial charge in [0.15, 0.2) is 0 Å². The van der Waals surface area contributed by atoms with Gasteiger partial charge in [-0.05, 0) is 37.5 Å². The molecule has 2 rings (SSSR count). The van der Waals surface area contributed by atoms with E-state index >= 15 is 0 Å². The van der Waals surface area contributed by atoms with Gasteiger partial charge in [0.25, 0.3) is 0 Å². The van der Waals surface area contributed by atoms with Gasteiger partial charge < -0.3 is 10.6 Å². The molecular weight excluding hydrogens is 205 g/mol. The average Bonchev–Trinajstić information content (AvgIpc) is 2.63. The van der Waals surface area contributed by atoms with Crippen molar-refractivity contribution < 1.29 is 18.8 Å². The summed E-state index contributed by atoms with van der Waals surface area (Å²) in [6, 6.07) is 0. The summed E-state index contributed by atoms with van der Waals surface area (Å²) in [6.07, 6.45) is 3.83. The number of hydrogen-bond donors (Lipinski definition) is 2. The molecule has 2 fully saturated rings. The van der Waals surface area contributed by atoms with Crippen molar-refractivity contribution in [1.29, 1.82) is 0 Å². The fourth-order valence-electron chi connectivity index (χ4n) is 2.55. The summed E-state index contributed by atoms with van der Waals surface area (Å²) in [7, 11) is -4.20. The van der Waals surface area contributed by atoms with Crippen molar-refractivity contribution in [2.24, 2.45) is 17.6 Å². The summed E-state index contributed by atoms with van der Waals surface area (Å²) in [4.78, 5) is 19.7. The van der Waals surface area contributed by atoms with Crippen molar-refractivity contribution in [2.45, 2.75) is 31.8 Å². The van der Waals surface area contributed by atoms with E-state index < -0.39 is 13.2 Å². The molecule has 0 aliphatic heterocycles. The van der Waals surface area contributed by atoms with Crippen LogP contribution in [-0.4, -0.2) is 16.6 Å². The van der Waals surface area contributed by atoms with Gasteiger partial charge >= 0.3 is 13.2 Å². The van der Waals surface area contributed by atoms with E-state index in [9.17, 15) is 9.36 Å². The van der Waals surface area contributed by atoms with Gasteiger partial charge in [0.1, 0.15) is 0 Å². The molecule has 0 aromatic heterocycles. The minimum atomic E-state index is -4.20. The minimum Gasteiger partial charge on any atom is -0.359 e. The highest BCUT2D eigenvalue weighted by Gasteiger charge is 2.44. The Bertz CT molecular complexity index is 306. The van der Waals surface area contributed by atoms with E-state index in [0.29, 0.717) is 11.8 Å². The summed E-state index contributed by atoms with van der Waals surface area (Å²) in [5, 5.41) is 0. The number of hydrogen-bond acceptors (Lipinski definition) is 3. The van der Waals surface area contributed by atoms with Gasteiger partial charge in [-0.1, -0.05) is 0 Å². The molecule has 5 nitrogen and oxygen atoms in total. The maximum absolute atomic E-state index is 11.2. The molecule has 2 aliphatic carbocycles. The Morgan fingerprint density at radius 1 is 1.43 bits per heavy atom. The second-order valence-electron chi connectivity index (χ2n) is 4.18. The molecule has 4 atom stereocenters. The van der Waals surface area contributed by atoms with E-state index in [0.717, 1.165) is 19.3 Å². The largest absolute Gasteiger partial charge is 0.415 e. The zero-order valence-corrected chi connectivity index (χ0v) is 8.65. The molecule has 3 N–H and O–H groups in total. The van der Waals surface area contributed by atoms with Gasteiger partial charge in [-0.3, -0.25) is 9.32 Å². The summed E-state index contributed by atoms with van der Waals surface area (Å²) >= 11 is 0. The number of fused-ring (bicyclic) bond motifs is 2. The number of carbonyl (C=O) groups is 1. The molecule has 2 aliphatic rings. The van der Waals surface area contributed by atoms with Crippen LogP contribution in [0, 0.1) is 11.8 Å². The summed E-state index contributed by atoms with van der Waals surface area (Å²) in [5.41, 5.74) is 3.52. The van der Waals surface area contributed by atoms with E-state index in [1.165, 1.54) is 6.42 Å². The first-order valence-corrected chi connectivity index (χ1v) is 6.38. The molecule has 1 amide bonds. The summed E-state index contributed by atoms with van der Waals surface area (Å²) in [5.74, 6) is 0.956. The van der Waals surface area contributed by atoms with E-state index in [2.05, 4.69) is 0 Å². The zero-order valence-electron chi connectivity index (χ0n) is 7.76. The SMILES string of the molecule is NC(=O)P(=O)(O)OC1CC2CCC1C2. The molecule has 0 heterocycles. The Morgan fingerprint density at radius 2 is 2.14 bits per heavy atom. The molecule has 4 unspecified atom stereocenters. The van der Waals surface area contributed by atoms with Crippen LogP contribution in [0.1, 0.15) is 25.7 Å². The normalized spacial score (nSPS) is 39.6.